The van der Waals surface area contributed by atoms with Gasteiger partial charge in [0.15, 0.2) is 0 Å². The van der Waals surface area contributed by atoms with Crippen LogP contribution in [0.4, 0.5) is 0 Å². The second-order valence-electron chi connectivity index (χ2n) is 7.76. The van der Waals surface area contributed by atoms with E-state index in [1.54, 1.807) is 0 Å². The van der Waals surface area contributed by atoms with Crippen LogP contribution in [0.25, 0.3) is 32.7 Å². The number of halogens is 2. The summed E-state index contributed by atoms with van der Waals surface area (Å²) in [5, 5.41) is 5.51. The van der Waals surface area contributed by atoms with E-state index in [1.807, 2.05) is 0 Å². The summed E-state index contributed by atoms with van der Waals surface area (Å²) in [5.41, 5.74) is 5.46. The Kier molecular flexibility index (Phi) is 19.2. The van der Waals surface area contributed by atoms with Gasteiger partial charge in [-0.2, -0.15) is 11.6 Å². The van der Waals surface area contributed by atoms with Crippen LogP contribution in [0.5, 0.6) is 0 Å². The number of rotatable bonds is 4. The van der Waals surface area contributed by atoms with E-state index >= 15 is 0 Å². The van der Waals surface area contributed by atoms with Gasteiger partial charge in [-0.1, -0.05) is 81.1 Å². The van der Waals surface area contributed by atoms with Crippen LogP contribution >= 0.6 is 24.8 Å². The predicted octanol–water partition coefficient (Wildman–Crippen LogP) is 9.80. The van der Waals surface area contributed by atoms with Crippen LogP contribution in [-0.2, 0) is 29.8 Å². The summed E-state index contributed by atoms with van der Waals surface area (Å²) in [6.45, 7) is 7.45. The van der Waals surface area contributed by atoms with Crippen LogP contribution in [0.15, 0.2) is 97.1 Å². The van der Waals surface area contributed by atoms with E-state index in [4.69, 9.17) is 0 Å². The third-order valence-corrected chi connectivity index (χ3v) is 5.55. The third kappa shape index (κ3) is 9.51. The van der Waals surface area contributed by atoms with E-state index in [-0.39, 0.29) is 39.7 Å². The average molecular weight is 599 g/mol. The molecule has 0 spiro atoms. The molecule has 5 rings (SSSR count). The van der Waals surface area contributed by atoms with Crippen LogP contribution in [0, 0.1) is 21.8 Å². The van der Waals surface area contributed by atoms with Crippen molar-refractivity contribution in [2.75, 3.05) is 0 Å². The van der Waals surface area contributed by atoms with Crippen LogP contribution in [0.3, 0.4) is 0 Å². The van der Waals surface area contributed by atoms with Gasteiger partial charge in [0.25, 0.3) is 0 Å². The van der Waals surface area contributed by atoms with Crippen LogP contribution in [-0.4, -0.2) is 6.88 Å². The first-order chi connectivity index (χ1) is 15.3. The summed E-state index contributed by atoms with van der Waals surface area (Å²) < 4.78 is 0. The van der Waals surface area contributed by atoms with E-state index in [1.165, 1.54) is 86.4 Å². The van der Waals surface area contributed by atoms with Crippen molar-refractivity contribution in [1.29, 1.82) is 0 Å². The molecule has 2 radical (unpaired) electrons. The first kappa shape index (κ1) is 35.7. The molecule has 0 unspecified atom stereocenters. The van der Waals surface area contributed by atoms with Crippen molar-refractivity contribution in [2.45, 2.75) is 33.1 Å². The first-order valence-corrected chi connectivity index (χ1v) is 15.0. The number of unbranched alkanes of at least 4 members (excludes halogenated alkanes) is 1. The Morgan fingerprint density at radius 3 is 2.09 bits per heavy atom. The molecule has 0 aliphatic carbocycles. The first-order valence-electron chi connectivity index (χ1n) is 10.9. The molecule has 5 aromatic carbocycles. The van der Waals surface area contributed by atoms with Crippen molar-refractivity contribution in [1.82, 2.24) is 0 Å². The minimum atomic E-state index is 0. The fourth-order valence-electron chi connectivity index (χ4n) is 4.05. The van der Waals surface area contributed by atoms with E-state index < -0.39 is 0 Å². The molecule has 0 fully saturated rings. The molecule has 4 heteroatoms. The van der Waals surface area contributed by atoms with Crippen molar-refractivity contribution >= 4 is 53.2 Å². The van der Waals surface area contributed by atoms with Gasteiger partial charge in [-0.05, 0) is 5.56 Å². The molecule has 5 aromatic rings. The zero-order chi connectivity index (χ0) is 22.1. The third-order valence-electron chi connectivity index (χ3n) is 5.55. The fraction of sp³-hybridized carbons (Fsp3) is 0.161. The van der Waals surface area contributed by atoms with Gasteiger partial charge in [0, 0.05) is 0 Å². The van der Waals surface area contributed by atoms with Crippen molar-refractivity contribution in [2.24, 2.45) is 0 Å². The number of fused-ring (bicyclic) bond motifs is 2. The van der Waals surface area contributed by atoms with Gasteiger partial charge >= 0.3 is 30.2 Å². The van der Waals surface area contributed by atoms with Crippen LogP contribution in [0.1, 0.15) is 30.9 Å². The van der Waals surface area contributed by atoms with Crippen LogP contribution < -0.4 is 0 Å². The zero-order valence-electron chi connectivity index (χ0n) is 21.2. The summed E-state index contributed by atoms with van der Waals surface area (Å²) in [6, 6.07) is 34.7. The summed E-state index contributed by atoms with van der Waals surface area (Å²) in [4.78, 5) is 0. The molecule has 0 saturated heterocycles. The maximum atomic E-state index is 3.06. The molecular weight excluding hydrogens is 563 g/mol. The normalized spacial score (nSPS) is 9.06. The summed E-state index contributed by atoms with van der Waals surface area (Å²) in [7, 11) is 0. The molecule has 0 nitrogen and oxygen atoms in total. The van der Waals surface area contributed by atoms with Gasteiger partial charge in [0.1, 0.15) is 0 Å². The van der Waals surface area contributed by atoms with Crippen molar-refractivity contribution in [3.05, 3.63) is 123 Å². The van der Waals surface area contributed by atoms with Gasteiger partial charge in [-0.3, -0.25) is 0 Å². The standard InChI is InChI=1S/C16H13.C13H15.2CH3.2ClH.Si.Zr/c1-12-10-14-8-5-9-15(16(14)11-12)13-6-3-2-4-7-13;1-2-3-6-11-9-10-12-7-4-5-8-13(11)12;;;;;;/h2-11H,1H3;4-5,7-10H,2-3,6H2,1H3;2*1H3;2*1H;;/q4*-1;;;;. The van der Waals surface area contributed by atoms with E-state index in [2.05, 4.69) is 118 Å². The predicted molar refractivity (Wildman–Crippen MR) is 161 cm³/mol. The van der Waals surface area contributed by atoms with Crippen molar-refractivity contribution in [3.63, 3.8) is 0 Å². The second kappa shape index (κ2) is 18.8. The van der Waals surface area contributed by atoms with E-state index in [0.717, 1.165) is 0 Å². The topological polar surface area (TPSA) is 0 Å². The van der Waals surface area contributed by atoms with Crippen molar-refractivity contribution in [3.8, 4) is 11.1 Å². The minimum absolute atomic E-state index is 0. The molecule has 0 aliphatic rings. The number of benzene rings is 3. The molecule has 0 aliphatic heterocycles. The molecule has 0 N–H and O–H groups in total. The molecule has 0 bridgehead atoms. The Bertz CT molecular complexity index is 1220. The Morgan fingerprint density at radius 2 is 1.40 bits per heavy atom. The van der Waals surface area contributed by atoms with Crippen LogP contribution in [0.2, 0.25) is 0 Å². The Balaban J connectivity index is 0. The van der Waals surface area contributed by atoms with Gasteiger partial charge in [0.2, 0.25) is 0 Å². The number of aryl methyl sites for hydroxylation is 2. The fourth-order valence-corrected chi connectivity index (χ4v) is 4.05. The maximum absolute atomic E-state index is 3.06. The molecule has 186 valence electrons. The second-order valence-corrected chi connectivity index (χ2v) is 7.76. The van der Waals surface area contributed by atoms with Gasteiger partial charge < -0.3 is 14.9 Å². The Hall–Kier alpha value is -1.44. The average Bonchev–Trinajstić information content (AvgIpc) is 3.42. The molecule has 35 heavy (non-hydrogen) atoms. The number of hydrogen-bond acceptors (Lipinski definition) is 0. The molecule has 0 aromatic heterocycles. The SMILES string of the molecule is CCCCc1c[cH-]c2ccccc12.Cc1cc2c(-c3ccccc3)cccc2[cH-]1.Cl.Cl.[CH3-].[CH3-].[Si]=[Zr]. The molecule has 0 heterocycles. The molecule has 0 amide bonds. The van der Waals surface area contributed by atoms with E-state index in [9.17, 15) is 0 Å². The Morgan fingerprint density at radius 1 is 0.771 bits per heavy atom. The van der Waals surface area contributed by atoms with Gasteiger partial charge in [-0.15, -0.1) is 100 Å². The zero-order valence-corrected chi connectivity index (χ0v) is 26.3. The molecule has 0 atom stereocenters. The summed E-state index contributed by atoms with van der Waals surface area (Å²) in [5.74, 6) is 0. The quantitative estimate of drug-likeness (QED) is 0.143. The van der Waals surface area contributed by atoms with Gasteiger partial charge in [-0.25, -0.2) is 0 Å². The monoisotopic (exact) mass is 596 g/mol. The van der Waals surface area contributed by atoms with Gasteiger partial charge in [0.05, 0.1) is 0 Å². The Labute approximate surface area is 242 Å². The number of hydrogen-bond donors (Lipinski definition) is 0. The summed E-state index contributed by atoms with van der Waals surface area (Å²) >= 11 is 1.36. The van der Waals surface area contributed by atoms with E-state index in [0.29, 0.717) is 0 Å². The van der Waals surface area contributed by atoms with Crippen molar-refractivity contribution < 1.29 is 23.3 Å². The molecular formula is C31H36Cl2SiZr-4. The molecule has 0 saturated carbocycles. The summed E-state index contributed by atoms with van der Waals surface area (Å²) in [6.07, 6.45) is 3.80.